The maximum absolute atomic E-state index is 10.9. The summed E-state index contributed by atoms with van der Waals surface area (Å²) in [6, 6.07) is 0. The summed E-state index contributed by atoms with van der Waals surface area (Å²) < 4.78 is 4.75. The number of rotatable bonds is 1. The molecule has 3 N–H and O–H groups in total. The lowest BCUT2D eigenvalue weighted by Crippen LogP contribution is -2.30. The third-order valence-electron chi connectivity index (χ3n) is 1.50. The Morgan fingerprint density at radius 3 is 2.64 bits per heavy atom. The molecule has 1 heterocycles. The molecular formula is C6H9N3O2. The number of aryl methyl sites for hydroxylation is 1. The Morgan fingerprint density at radius 2 is 2.27 bits per heavy atom. The van der Waals surface area contributed by atoms with Crippen LogP contribution in [0.25, 0.3) is 0 Å². The Hall–Kier alpha value is -1.36. The summed E-state index contributed by atoms with van der Waals surface area (Å²) in [5.74, 6) is 5.10. The first-order chi connectivity index (χ1) is 5.16. The number of nitrogen functional groups attached to an aromatic ring is 1. The average Bonchev–Trinajstić information content (AvgIpc) is 2.32. The van der Waals surface area contributed by atoms with E-state index in [0.717, 1.165) is 0 Å². The number of hydrazine groups is 1. The molecule has 0 aromatic carbocycles. The smallest absolute Gasteiger partial charge is 0.287 e. The maximum atomic E-state index is 10.9. The first-order valence-electron chi connectivity index (χ1n) is 3.10. The van der Waals surface area contributed by atoms with Gasteiger partial charge >= 0.3 is 0 Å². The van der Waals surface area contributed by atoms with Gasteiger partial charge in [-0.3, -0.25) is 10.2 Å². The predicted octanol–water partition coefficient (Wildman–Crippen LogP) is -0.105. The Balaban J connectivity index is 3.04. The zero-order chi connectivity index (χ0) is 8.43. The van der Waals surface area contributed by atoms with Crippen molar-refractivity contribution >= 4 is 5.91 Å². The first-order valence-corrected chi connectivity index (χ1v) is 3.10. The van der Waals surface area contributed by atoms with Crippen molar-refractivity contribution < 1.29 is 9.32 Å². The van der Waals surface area contributed by atoms with E-state index >= 15 is 0 Å². The van der Waals surface area contributed by atoms with Crippen LogP contribution < -0.4 is 11.3 Å². The molecule has 1 aromatic heterocycles. The summed E-state index contributed by atoms with van der Waals surface area (Å²) in [6.45, 7) is 3.48. The molecule has 11 heavy (non-hydrogen) atoms. The molecule has 0 saturated carbocycles. The highest BCUT2D eigenvalue weighted by Gasteiger charge is 2.14. The minimum Gasteiger partial charge on any atom is -0.361 e. The van der Waals surface area contributed by atoms with Crippen molar-refractivity contribution in [3.8, 4) is 0 Å². The van der Waals surface area contributed by atoms with Crippen molar-refractivity contribution in [3.63, 3.8) is 0 Å². The van der Waals surface area contributed by atoms with Crippen LogP contribution in [0.5, 0.6) is 0 Å². The highest BCUT2D eigenvalue weighted by atomic mass is 16.5. The van der Waals surface area contributed by atoms with Gasteiger partial charge in [-0.2, -0.15) is 0 Å². The molecule has 1 amide bonds. The second-order valence-electron chi connectivity index (χ2n) is 2.19. The fourth-order valence-corrected chi connectivity index (χ4v) is 0.698. The number of hydrogen-bond acceptors (Lipinski definition) is 4. The fourth-order valence-electron chi connectivity index (χ4n) is 0.698. The first kappa shape index (κ1) is 7.74. The van der Waals surface area contributed by atoms with Gasteiger partial charge in [-0.1, -0.05) is 5.16 Å². The predicted molar refractivity (Wildman–Crippen MR) is 37.6 cm³/mol. The quantitative estimate of drug-likeness (QED) is 0.337. The zero-order valence-electron chi connectivity index (χ0n) is 6.34. The van der Waals surface area contributed by atoms with E-state index in [2.05, 4.69) is 5.16 Å². The van der Waals surface area contributed by atoms with Gasteiger partial charge in [0, 0.05) is 5.56 Å². The largest absolute Gasteiger partial charge is 0.361 e. The van der Waals surface area contributed by atoms with Crippen LogP contribution in [0.2, 0.25) is 0 Å². The van der Waals surface area contributed by atoms with Crippen molar-refractivity contribution in [3.05, 3.63) is 17.0 Å². The van der Waals surface area contributed by atoms with E-state index in [4.69, 9.17) is 10.4 Å². The van der Waals surface area contributed by atoms with Crippen LogP contribution in [0.4, 0.5) is 0 Å². The van der Waals surface area contributed by atoms with E-state index in [9.17, 15) is 4.79 Å². The van der Waals surface area contributed by atoms with Gasteiger partial charge in [-0.05, 0) is 13.8 Å². The molecule has 0 aliphatic heterocycles. The molecule has 0 fully saturated rings. The summed E-state index contributed by atoms with van der Waals surface area (Å²) in [5.41, 5.74) is 2.93. The lowest BCUT2D eigenvalue weighted by Gasteiger charge is -1.92. The molecule has 0 atom stereocenters. The molecule has 0 spiro atoms. The molecule has 0 radical (unpaired) electrons. The normalized spacial score (nSPS) is 9.73. The molecule has 60 valence electrons. The number of nitrogens with one attached hydrogen (secondary N) is 1. The molecule has 0 saturated heterocycles. The van der Waals surface area contributed by atoms with Crippen LogP contribution in [-0.2, 0) is 0 Å². The summed E-state index contributed by atoms with van der Waals surface area (Å²) >= 11 is 0. The molecule has 5 heteroatoms. The summed E-state index contributed by atoms with van der Waals surface area (Å²) in [4.78, 5) is 10.9. The van der Waals surface area contributed by atoms with Crippen LogP contribution in [0.3, 0.4) is 0 Å². The highest BCUT2D eigenvalue weighted by molar-refractivity contribution is 5.93. The SMILES string of the molecule is Cc1onc(C(=O)NN)c1C. The van der Waals surface area contributed by atoms with Crippen LogP contribution >= 0.6 is 0 Å². The standard InChI is InChI=1S/C6H9N3O2/c1-3-4(2)11-9-5(3)6(10)8-7/h7H2,1-2H3,(H,8,10). The number of nitrogens with two attached hydrogens (primary N) is 1. The van der Waals surface area contributed by atoms with E-state index in [1.807, 2.05) is 5.43 Å². The van der Waals surface area contributed by atoms with Crippen molar-refractivity contribution in [1.82, 2.24) is 10.6 Å². The Bertz CT molecular complexity index is 279. The maximum Gasteiger partial charge on any atom is 0.287 e. The minimum absolute atomic E-state index is 0.241. The minimum atomic E-state index is -0.431. The number of carbonyl (C=O) groups excluding carboxylic acids is 1. The van der Waals surface area contributed by atoms with Crippen molar-refractivity contribution in [2.45, 2.75) is 13.8 Å². The monoisotopic (exact) mass is 155 g/mol. The number of amides is 1. The van der Waals surface area contributed by atoms with Crippen molar-refractivity contribution in [2.24, 2.45) is 5.84 Å². The third-order valence-corrected chi connectivity index (χ3v) is 1.50. The molecular weight excluding hydrogens is 146 g/mol. The second kappa shape index (κ2) is 2.71. The lowest BCUT2D eigenvalue weighted by atomic mass is 10.2. The lowest BCUT2D eigenvalue weighted by molar-refractivity contribution is 0.0944. The van der Waals surface area contributed by atoms with Gasteiger partial charge < -0.3 is 4.52 Å². The zero-order valence-corrected chi connectivity index (χ0v) is 6.34. The van der Waals surface area contributed by atoms with Gasteiger partial charge in [-0.15, -0.1) is 0 Å². The molecule has 0 unspecified atom stereocenters. The second-order valence-corrected chi connectivity index (χ2v) is 2.19. The highest BCUT2D eigenvalue weighted by Crippen LogP contribution is 2.10. The van der Waals surface area contributed by atoms with Gasteiger partial charge in [0.2, 0.25) is 0 Å². The Morgan fingerprint density at radius 1 is 1.64 bits per heavy atom. The molecule has 1 rings (SSSR count). The van der Waals surface area contributed by atoms with E-state index in [1.165, 1.54) is 0 Å². The van der Waals surface area contributed by atoms with E-state index in [1.54, 1.807) is 13.8 Å². The number of nitrogens with zero attached hydrogens (tertiary/aromatic N) is 1. The number of aromatic nitrogens is 1. The van der Waals surface area contributed by atoms with Gasteiger partial charge in [-0.25, -0.2) is 5.84 Å². The topological polar surface area (TPSA) is 81.2 Å². The van der Waals surface area contributed by atoms with Gasteiger partial charge in [0.1, 0.15) is 5.76 Å². The Labute approximate surface area is 63.5 Å². The van der Waals surface area contributed by atoms with Gasteiger partial charge in [0.15, 0.2) is 5.69 Å². The number of carbonyl (C=O) groups is 1. The molecule has 0 bridgehead atoms. The van der Waals surface area contributed by atoms with Crippen LogP contribution in [-0.4, -0.2) is 11.1 Å². The van der Waals surface area contributed by atoms with Crippen LogP contribution in [0.15, 0.2) is 4.52 Å². The van der Waals surface area contributed by atoms with Crippen molar-refractivity contribution in [1.29, 1.82) is 0 Å². The molecule has 0 aliphatic rings. The molecule has 5 nitrogen and oxygen atoms in total. The van der Waals surface area contributed by atoms with E-state index in [0.29, 0.717) is 11.3 Å². The average molecular weight is 155 g/mol. The number of hydrogen-bond donors (Lipinski definition) is 2. The van der Waals surface area contributed by atoms with Crippen molar-refractivity contribution in [2.75, 3.05) is 0 Å². The van der Waals surface area contributed by atoms with Gasteiger partial charge in [0.25, 0.3) is 5.91 Å². The fraction of sp³-hybridized carbons (Fsp3) is 0.333. The van der Waals surface area contributed by atoms with Crippen LogP contribution in [0, 0.1) is 13.8 Å². The summed E-state index contributed by atoms with van der Waals surface area (Å²) in [6.07, 6.45) is 0. The van der Waals surface area contributed by atoms with Crippen LogP contribution in [0.1, 0.15) is 21.8 Å². The molecule has 1 aromatic rings. The van der Waals surface area contributed by atoms with E-state index in [-0.39, 0.29) is 5.69 Å². The molecule has 0 aliphatic carbocycles. The summed E-state index contributed by atoms with van der Waals surface area (Å²) in [5, 5.41) is 3.52. The third kappa shape index (κ3) is 1.22. The van der Waals surface area contributed by atoms with E-state index < -0.39 is 5.91 Å². The summed E-state index contributed by atoms with van der Waals surface area (Å²) in [7, 11) is 0. The van der Waals surface area contributed by atoms with Gasteiger partial charge in [0.05, 0.1) is 0 Å². The Kier molecular flexibility index (Phi) is 1.91.